The van der Waals surface area contributed by atoms with Crippen molar-refractivity contribution in [3.63, 3.8) is 0 Å². The van der Waals surface area contributed by atoms with Crippen LogP contribution in [0, 0.1) is 5.92 Å². The maximum absolute atomic E-state index is 9.37. The molecule has 1 heterocycles. The molecule has 0 bridgehead atoms. The fraction of sp³-hybridized carbons (Fsp3) is 1.00. The van der Waals surface area contributed by atoms with Crippen molar-refractivity contribution in [1.29, 1.82) is 0 Å². The Morgan fingerprint density at radius 3 is 3.14 bits per heavy atom. The lowest BCUT2D eigenvalue weighted by Crippen LogP contribution is -2.27. The molecular weight excluding hydrogens is 198 g/mol. The average Bonchev–Trinajstić information content (AvgIpc) is 2.65. The highest BCUT2D eigenvalue weighted by Gasteiger charge is 2.14. The molecule has 2 N–H and O–H groups in total. The second-order valence-electron chi connectivity index (χ2n) is 3.83. The van der Waals surface area contributed by atoms with Gasteiger partial charge in [-0.15, -0.1) is 0 Å². The molecule has 2 atom stereocenters. The van der Waals surface area contributed by atoms with Crippen molar-refractivity contribution in [2.24, 2.45) is 5.92 Å². The summed E-state index contributed by atoms with van der Waals surface area (Å²) in [6.07, 6.45) is 1.82. The molecule has 0 radical (unpaired) electrons. The van der Waals surface area contributed by atoms with Gasteiger partial charge in [0.05, 0.1) is 12.7 Å². The molecule has 0 aromatic heterocycles. The van der Waals surface area contributed by atoms with Crippen LogP contribution in [0.15, 0.2) is 0 Å². The third-order valence-corrected chi connectivity index (χ3v) is 3.70. The van der Waals surface area contributed by atoms with Crippen molar-refractivity contribution in [2.75, 3.05) is 38.3 Å². The Balaban J connectivity index is 1.88. The summed E-state index contributed by atoms with van der Waals surface area (Å²) in [5, 5.41) is 12.8. The van der Waals surface area contributed by atoms with Gasteiger partial charge in [0.1, 0.15) is 0 Å². The van der Waals surface area contributed by atoms with E-state index in [2.05, 4.69) is 5.32 Å². The normalized spacial score (nSPS) is 24.0. The lowest BCUT2D eigenvalue weighted by molar-refractivity contribution is 0.0593. The maximum Gasteiger partial charge on any atom is 0.0785 e. The molecule has 1 saturated heterocycles. The number of rotatable bonds is 7. The van der Waals surface area contributed by atoms with Crippen LogP contribution in [0.4, 0.5) is 0 Å². The van der Waals surface area contributed by atoms with Crippen molar-refractivity contribution in [3.8, 4) is 0 Å². The van der Waals surface area contributed by atoms with Crippen molar-refractivity contribution in [1.82, 2.24) is 5.32 Å². The van der Waals surface area contributed by atoms with E-state index in [-0.39, 0.29) is 6.10 Å². The van der Waals surface area contributed by atoms with E-state index >= 15 is 0 Å². The van der Waals surface area contributed by atoms with Crippen molar-refractivity contribution < 1.29 is 9.84 Å². The minimum absolute atomic E-state index is 0.314. The van der Waals surface area contributed by atoms with Crippen LogP contribution < -0.4 is 5.32 Å². The maximum atomic E-state index is 9.37. The lowest BCUT2D eigenvalue weighted by atomic mass is 10.1. The van der Waals surface area contributed by atoms with Crippen molar-refractivity contribution in [2.45, 2.75) is 18.9 Å². The zero-order chi connectivity index (χ0) is 10.2. The van der Waals surface area contributed by atoms with Gasteiger partial charge in [-0.3, -0.25) is 0 Å². The summed E-state index contributed by atoms with van der Waals surface area (Å²) < 4.78 is 4.85. The molecule has 4 heteroatoms. The summed E-state index contributed by atoms with van der Waals surface area (Å²) in [7, 11) is 1.62. The van der Waals surface area contributed by atoms with Crippen LogP contribution in [0.2, 0.25) is 0 Å². The molecule has 1 aliphatic rings. The first-order valence-electron chi connectivity index (χ1n) is 5.28. The third kappa shape index (κ3) is 5.20. The number of hydrogen-bond acceptors (Lipinski definition) is 4. The first-order valence-corrected chi connectivity index (χ1v) is 6.44. The van der Waals surface area contributed by atoms with Crippen molar-refractivity contribution >= 4 is 11.8 Å². The van der Waals surface area contributed by atoms with Gasteiger partial charge in [0, 0.05) is 7.11 Å². The van der Waals surface area contributed by atoms with Gasteiger partial charge in [0.2, 0.25) is 0 Å². The van der Waals surface area contributed by atoms with Crippen molar-refractivity contribution in [3.05, 3.63) is 0 Å². The molecule has 0 amide bonds. The quantitative estimate of drug-likeness (QED) is 0.619. The molecule has 3 nitrogen and oxygen atoms in total. The molecular formula is C10H21NO2S. The van der Waals surface area contributed by atoms with Crippen LogP contribution in [0.1, 0.15) is 12.8 Å². The Morgan fingerprint density at radius 2 is 2.50 bits per heavy atom. The fourth-order valence-corrected chi connectivity index (χ4v) is 2.88. The number of methoxy groups -OCH3 is 1. The van der Waals surface area contributed by atoms with E-state index in [4.69, 9.17) is 4.74 Å². The molecule has 84 valence electrons. The largest absolute Gasteiger partial charge is 0.391 e. The van der Waals surface area contributed by atoms with Gasteiger partial charge in [0.25, 0.3) is 0 Å². The van der Waals surface area contributed by atoms with Gasteiger partial charge in [-0.25, -0.2) is 0 Å². The molecule has 0 saturated carbocycles. The summed E-state index contributed by atoms with van der Waals surface area (Å²) >= 11 is 2.05. The molecule has 1 rings (SSSR count). The zero-order valence-electron chi connectivity index (χ0n) is 8.87. The molecule has 2 unspecified atom stereocenters. The van der Waals surface area contributed by atoms with Crippen LogP contribution in [-0.2, 0) is 4.74 Å². The number of ether oxygens (including phenoxy) is 1. The minimum Gasteiger partial charge on any atom is -0.391 e. The standard InChI is InChI=1S/C10H21NO2S/c1-13-7-10(12)2-4-11-6-9-3-5-14-8-9/h9-12H,2-8H2,1H3. The summed E-state index contributed by atoms with van der Waals surface area (Å²) in [5.41, 5.74) is 0. The van der Waals surface area contributed by atoms with Gasteiger partial charge < -0.3 is 15.2 Å². The van der Waals surface area contributed by atoms with E-state index in [1.807, 2.05) is 11.8 Å². The summed E-state index contributed by atoms with van der Waals surface area (Å²) in [5.74, 6) is 3.46. The molecule has 1 fully saturated rings. The number of aliphatic hydroxyl groups is 1. The third-order valence-electron chi connectivity index (χ3n) is 2.47. The highest BCUT2D eigenvalue weighted by Crippen LogP contribution is 2.22. The number of aliphatic hydroxyl groups excluding tert-OH is 1. The average molecular weight is 219 g/mol. The number of thioether (sulfide) groups is 1. The summed E-state index contributed by atoms with van der Waals surface area (Å²) in [6.45, 7) is 2.44. The zero-order valence-corrected chi connectivity index (χ0v) is 9.68. The molecule has 0 aliphatic carbocycles. The Kier molecular flexibility index (Phi) is 6.60. The summed E-state index contributed by atoms with van der Waals surface area (Å²) in [6, 6.07) is 0. The van der Waals surface area contributed by atoms with E-state index in [0.717, 1.165) is 25.4 Å². The van der Waals surface area contributed by atoms with Gasteiger partial charge in [-0.2, -0.15) is 11.8 Å². The molecule has 0 aromatic rings. The topological polar surface area (TPSA) is 41.5 Å². The minimum atomic E-state index is -0.314. The highest BCUT2D eigenvalue weighted by molar-refractivity contribution is 7.99. The van der Waals surface area contributed by atoms with Crippen LogP contribution in [-0.4, -0.2) is 49.5 Å². The highest BCUT2D eigenvalue weighted by atomic mass is 32.2. The van der Waals surface area contributed by atoms with Gasteiger partial charge in [0.15, 0.2) is 0 Å². The lowest BCUT2D eigenvalue weighted by Gasteiger charge is -2.12. The molecule has 0 aromatic carbocycles. The van der Waals surface area contributed by atoms with Crippen LogP contribution in [0.25, 0.3) is 0 Å². The van der Waals surface area contributed by atoms with Crippen LogP contribution in [0.5, 0.6) is 0 Å². The van der Waals surface area contributed by atoms with E-state index in [1.54, 1.807) is 7.11 Å². The number of hydrogen-bond donors (Lipinski definition) is 2. The summed E-state index contributed by atoms with van der Waals surface area (Å²) in [4.78, 5) is 0. The Bertz CT molecular complexity index is 140. The van der Waals surface area contributed by atoms with Gasteiger partial charge in [-0.1, -0.05) is 0 Å². The predicted molar refractivity (Wildman–Crippen MR) is 60.8 cm³/mol. The van der Waals surface area contributed by atoms with E-state index in [0.29, 0.717) is 6.61 Å². The molecule has 14 heavy (non-hydrogen) atoms. The Morgan fingerprint density at radius 1 is 1.64 bits per heavy atom. The number of nitrogens with one attached hydrogen (secondary N) is 1. The van der Waals surface area contributed by atoms with Gasteiger partial charge >= 0.3 is 0 Å². The van der Waals surface area contributed by atoms with E-state index in [1.165, 1.54) is 17.9 Å². The molecule has 1 aliphatic heterocycles. The first kappa shape index (κ1) is 12.3. The Hall–Kier alpha value is 0.230. The second kappa shape index (κ2) is 7.51. The second-order valence-corrected chi connectivity index (χ2v) is 4.98. The fourth-order valence-electron chi connectivity index (χ4n) is 1.59. The first-order chi connectivity index (χ1) is 6.83. The van der Waals surface area contributed by atoms with Crippen LogP contribution >= 0.6 is 11.8 Å². The SMILES string of the molecule is COCC(O)CCNCC1CCSC1. The predicted octanol–water partition coefficient (Wildman–Crippen LogP) is 0.726. The molecule has 0 spiro atoms. The smallest absolute Gasteiger partial charge is 0.0785 e. The monoisotopic (exact) mass is 219 g/mol. The van der Waals surface area contributed by atoms with E-state index < -0.39 is 0 Å². The van der Waals surface area contributed by atoms with Gasteiger partial charge in [-0.05, 0) is 43.4 Å². The van der Waals surface area contributed by atoms with Crippen LogP contribution in [0.3, 0.4) is 0 Å². The Labute approximate surface area is 90.6 Å². The van der Waals surface area contributed by atoms with E-state index in [9.17, 15) is 5.11 Å².